The molecule has 0 aliphatic rings. The first-order chi connectivity index (χ1) is 7.19. The van der Waals surface area contributed by atoms with Crippen molar-refractivity contribution in [2.45, 2.75) is 12.5 Å². The van der Waals surface area contributed by atoms with Gasteiger partial charge < -0.3 is 10.1 Å². The largest absolute Gasteiger partial charge is 0.467 e. The van der Waals surface area contributed by atoms with Gasteiger partial charge in [0.2, 0.25) is 6.41 Å². The summed E-state index contributed by atoms with van der Waals surface area (Å²) in [7, 11) is 1.27. The predicted octanol–water partition coefficient (Wildman–Crippen LogP) is 0.962. The number of carbonyl (C=O) groups excluding carboxylic acids is 2. The van der Waals surface area contributed by atoms with Crippen molar-refractivity contribution in [3.63, 3.8) is 0 Å². The molecule has 0 aromatic carbocycles. The number of carbonyl (C=O) groups is 2. The molecular formula is C11H15NO3. The molecule has 4 nitrogen and oxygen atoms in total. The second-order valence-electron chi connectivity index (χ2n) is 2.75. The Kier molecular flexibility index (Phi) is 6.63. The third-order valence-corrected chi connectivity index (χ3v) is 1.79. The number of esters is 1. The Labute approximate surface area is 89.3 Å². The minimum Gasteiger partial charge on any atom is -0.467 e. The number of hydrogen-bond donors (Lipinski definition) is 1. The Morgan fingerprint density at radius 2 is 2.20 bits per heavy atom. The smallest absolute Gasteiger partial charge is 0.328 e. The van der Waals surface area contributed by atoms with Crippen LogP contribution in [0.25, 0.3) is 0 Å². The molecule has 1 atom stereocenters. The third kappa shape index (κ3) is 4.81. The van der Waals surface area contributed by atoms with Crippen LogP contribution in [-0.2, 0) is 14.3 Å². The van der Waals surface area contributed by atoms with E-state index in [1.807, 2.05) is 0 Å². The van der Waals surface area contributed by atoms with E-state index in [4.69, 9.17) is 0 Å². The zero-order chi connectivity index (χ0) is 11.7. The highest BCUT2D eigenvalue weighted by Gasteiger charge is 2.18. The quantitative estimate of drug-likeness (QED) is 0.386. The lowest BCUT2D eigenvalue weighted by Crippen LogP contribution is -2.36. The number of rotatable bonds is 7. The van der Waals surface area contributed by atoms with Crippen LogP contribution in [0.4, 0.5) is 0 Å². The first-order valence-electron chi connectivity index (χ1n) is 4.41. The van der Waals surface area contributed by atoms with Gasteiger partial charge in [0, 0.05) is 6.42 Å². The van der Waals surface area contributed by atoms with E-state index in [1.54, 1.807) is 18.2 Å². The maximum absolute atomic E-state index is 11.2. The van der Waals surface area contributed by atoms with Gasteiger partial charge in [0.1, 0.15) is 6.04 Å². The first-order valence-corrected chi connectivity index (χ1v) is 4.41. The lowest BCUT2D eigenvalue weighted by molar-refractivity contribution is -0.144. The fraction of sp³-hybridized carbons (Fsp3) is 0.273. The van der Waals surface area contributed by atoms with Crippen LogP contribution in [0.1, 0.15) is 6.42 Å². The van der Waals surface area contributed by atoms with Crippen molar-refractivity contribution in [1.82, 2.24) is 5.32 Å². The molecule has 0 saturated carbocycles. The number of amides is 1. The van der Waals surface area contributed by atoms with E-state index in [9.17, 15) is 9.59 Å². The fourth-order valence-corrected chi connectivity index (χ4v) is 1.04. The summed E-state index contributed by atoms with van der Waals surface area (Å²) in [6.45, 7) is 7.13. The van der Waals surface area contributed by atoms with Crippen molar-refractivity contribution in [2.75, 3.05) is 7.11 Å². The molecule has 0 saturated heterocycles. The second kappa shape index (κ2) is 7.55. The molecule has 0 fully saturated rings. The van der Waals surface area contributed by atoms with Gasteiger partial charge in [-0.05, 0) is 5.57 Å². The fourth-order valence-electron chi connectivity index (χ4n) is 1.04. The number of hydrogen-bond acceptors (Lipinski definition) is 3. The summed E-state index contributed by atoms with van der Waals surface area (Å²) in [6, 6.07) is -0.684. The van der Waals surface area contributed by atoms with E-state index in [2.05, 4.69) is 23.2 Å². The van der Waals surface area contributed by atoms with Crippen molar-refractivity contribution in [1.29, 1.82) is 0 Å². The highest BCUT2D eigenvalue weighted by molar-refractivity contribution is 5.78. The van der Waals surface area contributed by atoms with E-state index in [-0.39, 0.29) is 0 Å². The van der Waals surface area contributed by atoms with Crippen LogP contribution >= 0.6 is 0 Å². The van der Waals surface area contributed by atoms with Crippen molar-refractivity contribution in [3.05, 3.63) is 37.0 Å². The summed E-state index contributed by atoms with van der Waals surface area (Å²) in [5.74, 6) is -0.487. The van der Waals surface area contributed by atoms with Crippen LogP contribution in [0.2, 0.25) is 0 Å². The summed E-state index contributed by atoms with van der Waals surface area (Å²) in [5.41, 5.74) is 0.801. The summed E-state index contributed by atoms with van der Waals surface area (Å²) in [4.78, 5) is 21.5. The number of allylic oxidation sites excluding steroid dienone is 3. The maximum Gasteiger partial charge on any atom is 0.328 e. The van der Waals surface area contributed by atoms with Crippen LogP contribution in [0.15, 0.2) is 37.0 Å². The molecule has 0 rings (SSSR count). The van der Waals surface area contributed by atoms with Crippen molar-refractivity contribution in [2.24, 2.45) is 0 Å². The topological polar surface area (TPSA) is 55.4 Å². The Balaban J connectivity index is 4.57. The number of nitrogens with one attached hydrogen (secondary N) is 1. The van der Waals surface area contributed by atoms with Gasteiger partial charge in [-0.2, -0.15) is 0 Å². The predicted molar refractivity (Wildman–Crippen MR) is 58.1 cm³/mol. The zero-order valence-electron chi connectivity index (χ0n) is 8.73. The average Bonchev–Trinajstić information content (AvgIpc) is 2.26. The molecule has 1 N–H and O–H groups in total. The Bertz CT molecular complexity index is 282. The average molecular weight is 209 g/mol. The normalized spacial score (nSPS) is 12.5. The van der Waals surface area contributed by atoms with Gasteiger partial charge in [0.05, 0.1) is 7.11 Å². The Hall–Kier alpha value is -1.84. The summed E-state index contributed by atoms with van der Waals surface area (Å²) < 4.78 is 4.54. The lowest BCUT2D eigenvalue weighted by Gasteiger charge is -2.13. The molecule has 0 heterocycles. The molecular weight excluding hydrogens is 194 g/mol. The van der Waals surface area contributed by atoms with Crippen LogP contribution in [0.3, 0.4) is 0 Å². The summed E-state index contributed by atoms with van der Waals surface area (Å²) in [5, 5.41) is 2.38. The molecule has 15 heavy (non-hydrogen) atoms. The standard InChI is InChI=1S/C11H15NO3/c1-4-6-9(5-2)7-10(12-8-13)11(14)15-3/h4-6,8,10H,1-2,7H2,3H3,(H,12,13)/b9-6+. The molecule has 0 bridgehead atoms. The first kappa shape index (κ1) is 13.2. The van der Waals surface area contributed by atoms with E-state index in [1.165, 1.54) is 7.11 Å². The van der Waals surface area contributed by atoms with Crippen LogP contribution < -0.4 is 5.32 Å². The van der Waals surface area contributed by atoms with Gasteiger partial charge in [-0.25, -0.2) is 4.79 Å². The van der Waals surface area contributed by atoms with Gasteiger partial charge in [-0.15, -0.1) is 0 Å². The molecule has 82 valence electrons. The van der Waals surface area contributed by atoms with Crippen LogP contribution in [-0.4, -0.2) is 25.5 Å². The number of ether oxygens (including phenoxy) is 1. The number of methoxy groups -OCH3 is 1. The molecule has 0 spiro atoms. The van der Waals surface area contributed by atoms with E-state index >= 15 is 0 Å². The highest BCUT2D eigenvalue weighted by Crippen LogP contribution is 2.07. The minimum atomic E-state index is -0.684. The molecule has 0 aliphatic carbocycles. The monoisotopic (exact) mass is 209 g/mol. The highest BCUT2D eigenvalue weighted by atomic mass is 16.5. The molecule has 4 heteroatoms. The van der Waals surface area contributed by atoms with Crippen LogP contribution in [0, 0.1) is 0 Å². The molecule has 0 aliphatic heterocycles. The lowest BCUT2D eigenvalue weighted by atomic mass is 10.1. The van der Waals surface area contributed by atoms with Gasteiger partial charge >= 0.3 is 5.97 Å². The minimum absolute atomic E-state index is 0.334. The summed E-state index contributed by atoms with van der Waals surface area (Å²) >= 11 is 0. The molecule has 1 amide bonds. The van der Waals surface area contributed by atoms with Gasteiger partial charge in [0.15, 0.2) is 0 Å². The maximum atomic E-state index is 11.2. The van der Waals surface area contributed by atoms with Crippen molar-refractivity contribution < 1.29 is 14.3 Å². The van der Waals surface area contributed by atoms with E-state index < -0.39 is 12.0 Å². The van der Waals surface area contributed by atoms with E-state index in [0.717, 1.165) is 5.57 Å². The van der Waals surface area contributed by atoms with Gasteiger partial charge in [-0.1, -0.05) is 31.4 Å². The third-order valence-electron chi connectivity index (χ3n) is 1.79. The van der Waals surface area contributed by atoms with Gasteiger partial charge in [0.25, 0.3) is 0 Å². The Morgan fingerprint density at radius 3 is 2.60 bits per heavy atom. The molecule has 0 radical (unpaired) electrons. The second-order valence-corrected chi connectivity index (χ2v) is 2.75. The molecule has 0 aromatic rings. The molecule has 1 unspecified atom stereocenters. The van der Waals surface area contributed by atoms with Gasteiger partial charge in [-0.3, -0.25) is 4.79 Å². The SMILES string of the molecule is C=C/C=C(\C=C)CC(NC=O)C(=O)OC. The summed E-state index contributed by atoms with van der Waals surface area (Å²) in [6.07, 6.45) is 5.71. The van der Waals surface area contributed by atoms with Crippen molar-refractivity contribution in [3.8, 4) is 0 Å². The van der Waals surface area contributed by atoms with E-state index in [0.29, 0.717) is 12.8 Å². The molecule has 0 aromatic heterocycles. The van der Waals surface area contributed by atoms with Crippen LogP contribution in [0.5, 0.6) is 0 Å². The van der Waals surface area contributed by atoms with Crippen molar-refractivity contribution >= 4 is 12.4 Å². The Morgan fingerprint density at radius 1 is 1.53 bits per heavy atom. The zero-order valence-corrected chi connectivity index (χ0v) is 8.73.